The van der Waals surface area contributed by atoms with E-state index in [2.05, 4.69) is 32.9 Å². The molecule has 34 heavy (non-hydrogen) atoms. The summed E-state index contributed by atoms with van der Waals surface area (Å²) >= 11 is 0. The maximum absolute atomic E-state index is 12.6. The number of likely N-dealkylation sites (N-methyl/N-ethyl adjacent to an activating group) is 1. The van der Waals surface area contributed by atoms with Gasteiger partial charge in [-0.15, -0.1) is 0 Å². The molecule has 7 nitrogen and oxygen atoms in total. The highest BCUT2D eigenvalue weighted by Gasteiger charge is 2.20. The molecule has 5 rings (SSSR count). The summed E-state index contributed by atoms with van der Waals surface area (Å²) in [5.41, 5.74) is 7.60. The van der Waals surface area contributed by atoms with E-state index in [9.17, 15) is 9.59 Å². The molecule has 0 saturated heterocycles. The van der Waals surface area contributed by atoms with E-state index in [1.165, 1.54) is 0 Å². The third kappa shape index (κ3) is 4.06. The van der Waals surface area contributed by atoms with Crippen molar-refractivity contribution in [3.63, 3.8) is 0 Å². The zero-order valence-electron chi connectivity index (χ0n) is 19.2. The first-order chi connectivity index (χ1) is 16.5. The van der Waals surface area contributed by atoms with Crippen molar-refractivity contribution in [1.29, 1.82) is 0 Å². The lowest BCUT2D eigenvalue weighted by molar-refractivity contribution is 0.0744. The number of pyridine rings is 1. The molecule has 1 N–H and O–H groups in total. The van der Waals surface area contributed by atoms with Crippen LogP contribution in [-0.2, 0) is 17.7 Å². The summed E-state index contributed by atoms with van der Waals surface area (Å²) in [6.07, 6.45) is 4.47. The molecule has 1 aliphatic heterocycles. The number of carbonyl (C=O) groups excluding carboxylic acids is 2. The largest absolute Gasteiger partial charge is 0.383 e. The number of imidazole rings is 1. The van der Waals surface area contributed by atoms with Gasteiger partial charge < -0.3 is 15.0 Å². The second-order valence-corrected chi connectivity index (χ2v) is 8.51. The molecule has 172 valence electrons. The van der Waals surface area contributed by atoms with Gasteiger partial charge in [-0.1, -0.05) is 24.3 Å². The Morgan fingerprint density at radius 1 is 1.15 bits per heavy atom. The van der Waals surface area contributed by atoms with Crippen molar-refractivity contribution in [3.05, 3.63) is 94.8 Å². The molecule has 0 bridgehead atoms. The van der Waals surface area contributed by atoms with E-state index in [-0.39, 0.29) is 11.8 Å². The average molecular weight is 455 g/mol. The summed E-state index contributed by atoms with van der Waals surface area (Å²) in [4.78, 5) is 30.7. The number of hydrogen-bond acceptors (Lipinski definition) is 4. The molecule has 0 spiro atoms. The van der Waals surface area contributed by atoms with Gasteiger partial charge in [-0.3, -0.25) is 14.0 Å². The normalized spacial score (nSPS) is 12.6. The Labute approximate surface area is 198 Å². The highest BCUT2D eigenvalue weighted by Crippen LogP contribution is 2.27. The lowest BCUT2D eigenvalue weighted by atomic mass is 10.0. The molecule has 0 radical (unpaired) electrons. The number of carbonyl (C=O) groups is 2. The molecular weight excluding hydrogens is 428 g/mol. The maximum Gasteiger partial charge on any atom is 0.253 e. The van der Waals surface area contributed by atoms with Gasteiger partial charge in [0.25, 0.3) is 11.8 Å². The van der Waals surface area contributed by atoms with Gasteiger partial charge in [0.1, 0.15) is 5.65 Å². The van der Waals surface area contributed by atoms with E-state index in [0.717, 1.165) is 39.2 Å². The standard InChI is InChI=1S/C27H26N4O3/c1-30(13-14-34-2)27(33)19-5-3-18(4-6-19)15-21-8-10-24(31-12-11-28-25(21)31)20-7-9-23-22(16-20)17-29-26(23)32/h3-12,16H,13-15,17H2,1-2H3,(H,29,32). The van der Waals surface area contributed by atoms with Gasteiger partial charge >= 0.3 is 0 Å². The van der Waals surface area contributed by atoms with Crippen molar-refractivity contribution >= 4 is 17.5 Å². The van der Waals surface area contributed by atoms with Crippen LogP contribution in [0, 0.1) is 0 Å². The molecule has 2 amide bonds. The van der Waals surface area contributed by atoms with Gasteiger partial charge in [-0.25, -0.2) is 4.98 Å². The Hall–Kier alpha value is -3.97. The van der Waals surface area contributed by atoms with Crippen LogP contribution in [0.5, 0.6) is 0 Å². The Morgan fingerprint density at radius 2 is 1.97 bits per heavy atom. The Balaban J connectivity index is 1.38. The SMILES string of the molecule is COCCN(C)C(=O)c1ccc(Cc2ccc(-c3ccc4c(c3)CNC4=O)n3ccnc23)cc1. The van der Waals surface area contributed by atoms with Crippen molar-refractivity contribution in [2.24, 2.45) is 0 Å². The summed E-state index contributed by atoms with van der Waals surface area (Å²) in [7, 11) is 3.41. The molecule has 2 aromatic heterocycles. The number of methoxy groups -OCH3 is 1. The molecule has 0 aliphatic carbocycles. The number of amides is 2. The van der Waals surface area contributed by atoms with Gasteiger partial charge in [-0.2, -0.15) is 0 Å². The molecule has 0 atom stereocenters. The number of fused-ring (bicyclic) bond motifs is 2. The molecule has 3 heterocycles. The number of rotatable bonds is 7. The summed E-state index contributed by atoms with van der Waals surface area (Å²) in [5.74, 6) is -0.0335. The van der Waals surface area contributed by atoms with Crippen molar-refractivity contribution < 1.29 is 14.3 Å². The van der Waals surface area contributed by atoms with Gasteiger partial charge in [0, 0.05) is 57.2 Å². The number of benzene rings is 2. The lowest BCUT2D eigenvalue weighted by Gasteiger charge is -2.16. The minimum atomic E-state index is -0.0187. The average Bonchev–Trinajstić information content (AvgIpc) is 3.50. The fourth-order valence-corrected chi connectivity index (χ4v) is 4.37. The zero-order valence-corrected chi connectivity index (χ0v) is 19.2. The van der Waals surface area contributed by atoms with Gasteiger partial charge in [0.15, 0.2) is 0 Å². The van der Waals surface area contributed by atoms with Crippen LogP contribution in [0.4, 0.5) is 0 Å². The molecule has 4 aromatic rings. The molecule has 1 aliphatic rings. The van der Waals surface area contributed by atoms with E-state index >= 15 is 0 Å². The van der Waals surface area contributed by atoms with Crippen LogP contribution in [0.15, 0.2) is 67.0 Å². The van der Waals surface area contributed by atoms with Crippen LogP contribution >= 0.6 is 0 Å². The molecular formula is C27H26N4O3. The van der Waals surface area contributed by atoms with Crippen molar-refractivity contribution in [2.75, 3.05) is 27.3 Å². The molecule has 0 unspecified atom stereocenters. The van der Waals surface area contributed by atoms with Gasteiger partial charge in [0.2, 0.25) is 0 Å². The third-order valence-electron chi connectivity index (χ3n) is 6.29. The number of ether oxygens (including phenoxy) is 1. The fourth-order valence-electron chi connectivity index (χ4n) is 4.37. The first-order valence-corrected chi connectivity index (χ1v) is 11.2. The lowest BCUT2D eigenvalue weighted by Crippen LogP contribution is -2.29. The van der Waals surface area contributed by atoms with E-state index < -0.39 is 0 Å². The van der Waals surface area contributed by atoms with E-state index in [4.69, 9.17) is 4.74 Å². The highest BCUT2D eigenvalue weighted by atomic mass is 16.5. The topological polar surface area (TPSA) is 75.9 Å². The van der Waals surface area contributed by atoms with Crippen molar-refractivity contribution in [2.45, 2.75) is 13.0 Å². The Bertz CT molecular complexity index is 1370. The van der Waals surface area contributed by atoms with Crippen LogP contribution in [0.1, 0.15) is 37.4 Å². The Morgan fingerprint density at radius 3 is 2.76 bits per heavy atom. The summed E-state index contributed by atoms with van der Waals surface area (Å²) in [6.45, 7) is 1.63. The monoisotopic (exact) mass is 454 g/mol. The predicted octanol–water partition coefficient (Wildman–Crippen LogP) is 3.55. The molecule has 0 fully saturated rings. The number of aromatic nitrogens is 2. The molecule has 7 heteroatoms. The summed E-state index contributed by atoms with van der Waals surface area (Å²) in [6, 6.07) is 17.9. The molecule has 2 aromatic carbocycles. The third-order valence-corrected chi connectivity index (χ3v) is 6.29. The fraction of sp³-hybridized carbons (Fsp3) is 0.222. The number of nitrogens with one attached hydrogen (secondary N) is 1. The quantitative estimate of drug-likeness (QED) is 0.463. The van der Waals surface area contributed by atoms with Crippen LogP contribution < -0.4 is 5.32 Å². The first-order valence-electron chi connectivity index (χ1n) is 11.2. The zero-order chi connectivity index (χ0) is 23.7. The first kappa shape index (κ1) is 21.9. The number of nitrogens with zero attached hydrogens (tertiary/aromatic N) is 3. The second kappa shape index (κ2) is 9.11. The Kier molecular flexibility index (Phi) is 5.86. The van der Waals surface area contributed by atoms with E-state index in [1.54, 1.807) is 25.3 Å². The van der Waals surface area contributed by atoms with Crippen molar-refractivity contribution in [3.8, 4) is 11.3 Å². The number of hydrogen-bond donors (Lipinski definition) is 1. The van der Waals surface area contributed by atoms with Gasteiger partial charge in [0.05, 0.1) is 12.3 Å². The van der Waals surface area contributed by atoms with E-state index in [0.29, 0.717) is 31.7 Å². The maximum atomic E-state index is 12.6. The highest BCUT2D eigenvalue weighted by molar-refractivity contribution is 5.99. The minimum Gasteiger partial charge on any atom is -0.383 e. The van der Waals surface area contributed by atoms with Crippen LogP contribution in [0.3, 0.4) is 0 Å². The molecule has 0 saturated carbocycles. The summed E-state index contributed by atoms with van der Waals surface area (Å²) in [5, 5.41) is 2.87. The minimum absolute atomic E-state index is 0.0148. The van der Waals surface area contributed by atoms with Crippen molar-refractivity contribution in [1.82, 2.24) is 19.6 Å². The van der Waals surface area contributed by atoms with Crippen LogP contribution in [0.25, 0.3) is 16.9 Å². The van der Waals surface area contributed by atoms with Crippen LogP contribution in [-0.4, -0.2) is 53.4 Å². The van der Waals surface area contributed by atoms with E-state index in [1.807, 2.05) is 42.6 Å². The summed E-state index contributed by atoms with van der Waals surface area (Å²) < 4.78 is 7.14. The van der Waals surface area contributed by atoms with Gasteiger partial charge in [-0.05, 0) is 52.6 Å². The second-order valence-electron chi connectivity index (χ2n) is 8.51. The smallest absolute Gasteiger partial charge is 0.253 e. The van der Waals surface area contributed by atoms with Crippen LogP contribution in [0.2, 0.25) is 0 Å². The predicted molar refractivity (Wildman–Crippen MR) is 130 cm³/mol.